The highest BCUT2D eigenvalue weighted by Gasteiger charge is 2.19. The second-order valence-electron chi connectivity index (χ2n) is 4.52. The van der Waals surface area contributed by atoms with Crippen molar-refractivity contribution in [2.24, 2.45) is 0 Å². The molecule has 1 aliphatic heterocycles. The molecule has 6 heteroatoms. The molecule has 2 N–H and O–H groups in total. The van der Waals surface area contributed by atoms with Gasteiger partial charge in [-0.3, -0.25) is 4.79 Å². The van der Waals surface area contributed by atoms with Gasteiger partial charge in [-0.2, -0.15) is 9.90 Å². The third-order valence-electron chi connectivity index (χ3n) is 3.11. The number of hydrogen-bond acceptors (Lipinski definition) is 4. The average Bonchev–Trinajstić information content (AvgIpc) is 3.10. The highest BCUT2D eigenvalue weighted by molar-refractivity contribution is 5.92. The second-order valence-corrected chi connectivity index (χ2v) is 4.52. The Morgan fingerprint density at radius 2 is 2.21 bits per heavy atom. The zero-order valence-electron chi connectivity index (χ0n) is 10.4. The first kappa shape index (κ1) is 11.9. The van der Waals surface area contributed by atoms with Crippen molar-refractivity contribution in [3.05, 3.63) is 42.2 Å². The van der Waals surface area contributed by atoms with Crippen molar-refractivity contribution >= 4 is 5.91 Å². The molecule has 0 saturated carbocycles. The van der Waals surface area contributed by atoms with Gasteiger partial charge in [0.05, 0.1) is 11.9 Å². The van der Waals surface area contributed by atoms with E-state index in [1.54, 1.807) is 0 Å². The normalized spacial score (nSPS) is 18.4. The number of carbonyl (C=O) groups excluding carboxylic acids is 1. The van der Waals surface area contributed by atoms with E-state index in [9.17, 15) is 4.79 Å². The highest BCUT2D eigenvalue weighted by Crippen LogP contribution is 2.05. The van der Waals surface area contributed by atoms with E-state index < -0.39 is 0 Å². The summed E-state index contributed by atoms with van der Waals surface area (Å²) >= 11 is 0. The predicted molar refractivity (Wildman–Crippen MR) is 70.1 cm³/mol. The Morgan fingerprint density at radius 3 is 2.95 bits per heavy atom. The van der Waals surface area contributed by atoms with E-state index in [-0.39, 0.29) is 11.9 Å². The lowest BCUT2D eigenvalue weighted by atomic mass is 10.2. The molecule has 1 aromatic carbocycles. The summed E-state index contributed by atoms with van der Waals surface area (Å²) < 4.78 is 0. The van der Waals surface area contributed by atoms with Crippen LogP contribution in [0.5, 0.6) is 0 Å². The maximum absolute atomic E-state index is 12.0. The summed E-state index contributed by atoms with van der Waals surface area (Å²) in [5.41, 5.74) is 1.18. The molecule has 6 nitrogen and oxygen atoms in total. The second kappa shape index (κ2) is 5.19. The maximum Gasteiger partial charge on any atom is 0.273 e. The van der Waals surface area contributed by atoms with Gasteiger partial charge in [-0.25, -0.2) is 0 Å². The van der Waals surface area contributed by atoms with Gasteiger partial charge in [0, 0.05) is 12.6 Å². The Bertz CT molecular complexity index is 559. The molecule has 1 aliphatic rings. The van der Waals surface area contributed by atoms with Crippen LogP contribution in [0, 0.1) is 0 Å². The topological polar surface area (TPSA) is 71.8 Å². The van der Waals surface area contributed by atoms with Crippen molar-refractivity contribution in [3.63, 3.8) is 0 Å². The largest absolute Gasteiger partial charge is 0.347 e. The minimum Gasteiger partial charge on any atom is -0.347 e. The van der Waals surface area contributed by atoms with Gasteiger partial charge in [-0.1, -0.05) is 18.2 Å². The van der Waals surface area contributed by atoms with Crippen molar-refractivity contribution in [1.29, 1.82) is 0 Å². The van der Waals surface area contributed by atoms with Gasteiger partial charge < -0.3 is 10.6 Å². The Morgan fingerprint density at radius 1 is 1.37 bits per heavy atom. The Labute approximate surface area is 110 Å². The van der Waals surface area contributed by atoms with Crippen molar-refractivity contribution in [2.45, 2.75) is 12.5 Å². The fourth-order valence-electron chi connectivity index (χ4n) is 2.09. The highest BCUT2D eigenvalue weighted by atomic mass is 16.2. The molecule has 1 saturated heterocycles. The van der Waals surface area contributed by atoms with E-state index in [0.29, 0.717) is 5.69 Å². The molecular weight excluding hydrogens is 242 g/mol. The van der Waals surface area contributed by atoms with Crippen LogP contribution in [0.2, 0.25) is 0 Å². The number of nitrogens with one attached hydrogen (secondary N) is 2. The van der Waals surface area contributed by atoms with Crippen molar-refractivity contribution in [2.75, 3.05) is 13.1 Å². The lowest BCUT2D eigenvalue weighted by Gasteiger charge is -2.08. The molecule has 19 heavy (non-hydrogen) atoms. The molecule has 1 fully saturated rings. The van der Waals surface area contributed by atoms with Crippen LogP contribution >= 0.6 is 0 Å². The summed E-state index contributed by atoms with van der Waals surface area (Å²) in [5, 5.41) is 14.5. The van der Waals surface area contributed by atoms with Gasteiger partial charge in [0.2, 0.25) is 0 Å². The SMILES string of the molecule is O=C(N[C@@H]1CCNC1)c1cnn(-c2ccccc2)n1. The molecule has 2 aromatic rings. The Kier molecular flexibility index (Phi) is 3.24. The molecule has 98 valence electrons. The quantitative estimate of drug-likeness (QED) is 0.832. The fraction of sp³-hybridized carbons (Fsp3) is 0.308. The lowest BCUT2D eigenvalue weighted by Crippen LogP contribution is -2.36. The van der Waals surface area contributed by atoms with Gasteiger partial charge in [-0.05, 0) is 25.1 Å². The molecule has 0 aliphatic carbocycles. The molecular formula is C13H15N5O. The summed E-state index contributed by atoms with van der Waals surface area (Å²) in [6, 6.07) is 9.71. The number of amides is 1. The van der Waals surface area contributed by atoms with Crippen molar-refractivity contribution in [3.8, 4) is 5.69 Å². The number of benzene rings is 1. The third kappa shape index (κ3) is 2.63. The molecule has 1 aromatic heterocycles. The minimum absolute atomic E-state index is 0.170. The van der Waals surface area contributed by atoms with E-state index in [4.69, 9.17) is 0 Å². The summed E-state index contributed by atoms with van der Waals surface area (Å²) in [6.07, 6.45) is 2.45. The van der Waals surface area contributed by atoms with Crippen LogP contribution in [0.25, 0.3) is 5.69 Å². The number of aromatic nitrogens is 3. The molecule has 2 heterocycles. The van der Waals surface area contributed by atoms with Crippen molar-refractivity contribution in [1.82, 2.24) is 25.6 Å². The molecule has 0 unspecified atom stereocenters. The molecule has 0 spiro atoms. The van der Waals surface area contributed by atoms with Crippen molar-refractivity contribution < 1.29 is 4.79 Å². The molecule has 0 bridgehead atoms. The van der Waals surface area contributed by atoms with Crippen LogP contribution in [-0.2, 0) is 0 Å². The number of nitrogens with zero attached hydrogens (tertiary/aromatic N) is 3. The van der Waals surface area contributed by atoms with Gasteiger partial charge in [-0.15, -0.1) is 5.10 Å². The van der Waals surface area contributed by atoms with Crippen LogP contribution in [0.15, 0.2) is 36.5 Å². The molecule has 3 rings (SSSR count). The average molecular weight is 257 g/mol. The first-order chi connectivity index (χ1) is 9.33. The molecule has 1 amide bonds. The predicted octanol–water partition coefficient (Wildman–Crippen LogP) is 0.359. The van der Waals surface area contributed by atoms with E-state index in [1.165, 1.54) is 11.0 Å². The van der Waals surface area contributed by atoms with Crippen LogP contribution in [0.1, 0.15) is 16.9 Å². The first-order valence-corrected chi connectivity index (χ1v) is 6.32. The Hall–Kier alpha value is -2.21. The minimum atomic E-state index is -0.170. The Balaban J connectivity index is 1.72. The van der Waals surface area contributed by atoms with Gasteiger partial charge in [0.25, 0.3) is 5.91 Å². The monoisotopic (exact) mass is 257 g/mol. The standard InChI is InChI=1S/C13H15N5O/c19-13(16-10-6-7-14-8-10)12-9-15-18(17-12)11-4-2-1-3-5-11/h1-5,9-10,14H,6-8H2,(H,16,19)/t10-/m1/s1. The molecule has 1 atom stereocenters. The number of carbonyl (C=O) groups is 1. The van der Waals surface area contributed by atoms with Crippen LogP contribution < -0.4 is 10.6 Å². The fourth-order valence-corrected chi connectivity index (χ4v) is 2.09. The number of para-hydroxylation sites is 1. The number of rotatable bonds is 3. The first-order valence-electron chi connectivity index (χ1n) is 6.32. The molecule has 0 radical (unpaired) electrons. The summed E-state index contributed by atoms with van der Waals surface area (Å²) in [6.45, 7) is 1.76. The summed E-state index contributed by atoms with van der Waals surface area (Å²) in [5.74, 6) is -0.170. The van der Waals surface area contributed by atoms with Gasteiger partial charge in [0.1, 0.15) is 0 Å². The van der Waals surface area contributed by atoms with Crippen LogP contribution in [0.4, 0.5) is 0 Å². The van der Waals surface area contributed by atoms with Crippen LogP contribution in [0.3, 0.4) is 0 Å². The lowest BCUT2D eigenvalue weighted by molar-refractivity contribution is 0.0934. The maximum atomic E-state index is 12.0. The van der Waals surface area contributed by atoms with E-state index in [1.807, 2.05) is 30.3 Å². The third-order valence-corrected chi connectivity index (χ3v) is 3.11. The van der Waals surface area contributed by atoms with E-state index in [2.05, 4.69) is 20.8 Å². The summed E-state index contributed by atoms with van der Waals surface area (Å²) in [4.78, 5) is 13.5. The summed E-state index contributed by atoms with van der Waals surface area (Å²) in [7, 11) is 0. The van der Waals surface area contributed by atoms with Gasteiger partial charge >= 0.3 is 0 Å². The van der Waals surface area contributed by atoms with E-state index >= 15 is 0 Å². The van der Waals surface area contributed by atoms with Gasteiger partial charge in [0.15, 0.2) is 5.69 Å². The zero-order valence-corrected chi connectivity index (χ0v) is 10.4. The zero-order chi connectivity index (χ0) is 13.1. The smallest absolute Gasteiger partial charge is 0.273 e. The van der Waals surface area contributed by atoms with E-state index in [0.717, 1.165) is 25.2 Å². The number of hydrogen-bond donors (Lipinski definition) is 2. The van der Waals surface area contributed by atoms with Crippen LogP contribution in [-0.4, -0.2) is 40.0 Å².